The van der Waals surface area contributed by atoms with Crippen LogP contribution in [0.3, 0.4) is 0 Å². The quantitative estimate of drug-likeness (QED) is 0.573. The summed E-state index contributed by atoms with van der Waals surface area (Å²) in [6, 6.07) is 0.563. The topological polar surface area (TPSA) is 33.3 Å². The summed E-state index contributed by atoms with van der Waals surface area (Å²) in [7, 11) is 1.70. The van der Waals surface area contributed by atoms with Crippen LogP contribution >= 0.6 is 12.2 Å². The number of rotatable bonds is 4. The Labute approximate surface area is 98.0 Å². The minimum Gasteiger partial charge on any atom is -0.362 e. The predicted octanol–water partition coefficient (Wildman–Crippen LogP) is 2.17. The summed E-state index contributed by atoms with van der Waals surface area (Å²) >= 11 is 5.24. The molecular weight excluding hydrogens is 208 g/mol. The Bertz CT molecular complexity index is 189. The van der Waals surface area contributed by atoms with Crippen molar-refractivity contribution in [1.29, 1.82) is 0 Å². The molecule has 0 saturated heterocycles. The molecule has 88 valence electrons. The van der Waals surface area contributed by atoms with Gasteiger partial charge in [-0.25, -0.2) is 0 Å². The van der Waals surface area contributed by atoms with Crippen molar-refractivity contribution in [3.8, 4) is 0 Å². The Balaban J connectivity index is 2.21. The van der Waals surface area contributed by atoms with Crippen LogP contribution in [0.4, 0.5) is 0 Å². The Morgan fingerprint density at radius 2 is 2.07 bits per heavy atom. The standard InChI is InChI=1S/C11H22N2OS/c1-3-10(14-2)13-11(15)12-9-7-5-4-6-8-9/h9-10H,3-8H2,1-2H3,(H2,12,13,15). The normalized spacial score (nSPS) is 19.6. The van der Waals surface area contributed by atoms with Crippen molar-refractivity contribution in [2.75, 3.05) is 7.11 Å². The van der Waals surface area contributed by atoms with Gasteiger partial charge in [0.2, 0.25) is 0 Å². The van der Waals surface area contributed by atoms with Gasteiger partial charge in [-0.15, -0.1) is 0 Å². The number of methoxy groups -OCH3 is 1. The first-order chi connectivity index (χ1) is 7.26. The first-order valence-corrected chi connectivity index (χ1v) is 6.27. The number of hydrogen-bond donors (Lipinski definition) is 2. The molecule has 0 aromatic carbocycles. The zero-order valence-corrected chi connectivity index (χ0v) is 10.5. The van der Waals surface area contributed by atoms with Crippen LogP contribution in [0.1, 0.15) is 45.4 Å². The first-order valence-electron chi connectivity index (χ1n) is 5.86. The molecule has 0 spiro atoms. The van der Waals surface area contributed by atoms with E-state index in [-0.39, 0.29) is 6.23 Å². The van der Waals surface area contributed by atoms with Gasteiger partial charge >= 0.3 is 0 Å². The molecule has 2 N–H and O–H groups in total. The molecule has 0 aromatic rings. The maximum Gasteiger partial charge on any atom is 0.168 e. The van der Waals surface area contributed by atoms with Gasteiger partial charge in [0.25, 0.3) is 0 Å². The number of ether oxygens (including phenoxy) is 1. The van der Waals surface area contributed by atoms with Gasteiger partial charge in [0, 0.05) is 13.2 Å². The second-order valence-corrected chi connectivity index (χ2v) is 4.49. The second kappa shape index (κ2) is 7.01. The van der Waals surface area contributed by atoms with E-state index in [4.69, 9.17) is 17.0 Å². The van der Waals surface area contributed by atoms with Crippen LogP contribution in [0.5, 0.6) is 0 Å². The van der Waals surface area contributed by atoms with Gasteiger partial charge < -0.3 is 15.4 Å². The summed E-state index contributed by atoms with van der Waals surface area (Å²) in [6.45, 7) is 2.07. The van der Waals surface area contributed by atoms with Crippen molar-refractivity contribution in [2.45, 2.75) is 57.7 Å². The predicted molar refractivity (Wildman–Crippen MR) is 66.8 cm³/mol. The number of hydrogen-bond acceptors (Lipinski definition) is 2. The van der Waals surface area contributed by atoms with E-state index in [1.54, 1.807) is 7.11 Å². The highest BCUT2D eigenvalue weighted by Gasteiger charge is 2.14. The smallest absolute Gasteiger partial charge is 0.168 e. The van der Waals surface area contributed by atoms with E-state index in [9.17, 15) is 0 Å². The maximum absolute atomic E-state index is 5.24. The molecule has 15 heavy (non-hydrogen) atoms. The molecule has 1 aliphatic rings. The van der Waals surface area contributed by atoms with Crippen LogP contribution in [0, 0.1) is 0 Å². The van der Waals surface area contributed by atoms with Crippen LogP contribution < -0.4 is 10.6 Å². The van der Waals surface area contributed by atoms with Gasteiger partial charge in [-0.3, -0.25) is 0 Å². The van der Waals surface area contributed by atoms with E-state index in [2.05, 4.69) is 17.6 Å². The summed E-state index contributed by atoms with van der Waals surface area (Å²) in [4.78, 5) is 0. The zero-order valence-electron chi connectivity index (χ0n) is 9.71. The van der Waals surface area contributed by atoms with Crippen molar-refractivity contribution in [2.24, 2.45) is 0 Å². The Morgan fingerprint density at radius 3 is 2.60 bits per heavy atom. The molecular formula is C11H22N2OS. The first kappa shape index (κ1) is 12.7. The van der Waals surface area contributed by atoms with Crippen molar-refractivity contribution in [3.63, 3.8) is 0 Å². The van der Waals surface area contributed by atoms with Gasteiger partial charge in [0.1, 0.15) is 6.23 Å². The zero-order chi connectivity index (χ0) is 11.1. The van der Waals surface area contributed by atoms with Crippen LogP contribution in [0.25, 0.3) is 0 Å². The Kier molecular flexibility index (Phi) is 5.95. The Hall–Kier alpha value is -0.350. The fourth-order valence-corrected chi connectivity index (χ4v) is 2.25. The van der Waals surface area contributed by atoms with E-state index < -0.39 is 0 Å². The van der Waals surface area contributed by atoms with E-state index in [1.165, 1.54) is 32.1 Å². The minimum absolute atomic E-state index is 0.0357. The van der Waals surface area contributed by atoms with Crippen molar-refractivity contribution in [3.05, 3.63) is 0 Å². The SMILES string of the molecule is CCC(NC(=S)NC1CCCCC1)OC. The average Bonchev–Trinajstić information content (AvgIpc) is 2.27. The number of nitrogens with one attached hydrogen (secondary N) is 2. The van der Waals surface area contributed by atoms with Gasteiger partial charge in [-0.2, -0.15) is 0 Å². The fraction of sp³-hybridized carbons (Fsp3) is 0.909. The molecule has 1 saturated carbocycles. The average molecular weight is 230 g/mol. The van der Waals surface area contributed by atoms with Gasteiger partial charge in [-0.05, 0) is 31.5 Å². The molecule has 0 radical (unpaired) electrons. The highest BCUT2D eigenvalue weighted by atomic mass is 32.1. The van der Waals surface area contributed by atoms with Crippen LogP contribution in [-0.4, -0.2) is 24.5 Å². The molecule has 0 aliphatic heterocycles. The molecule has 1 aliphatic carbocycles. The summed E-state index contributed by atoms with van der Waals surface area (Å²) in [5.41, 5.74) is 0. The largest absolute Gasteiger partial charge is 0.362 e. The third-order valence-electron chi connectivity index (χ3n) is 2.89. The van der Waals surface area contributed by atoms with Crippen LogP contribution in [-0.2, 0) is 4.74 Å². The molecule has 1 fully saturated rings. The molecule has 1 atom stereocenters. The molecule has 0 aromatic heterocycles. The van der Waals surface area contributed by atoms with Crippen LogP contribution in [0.2, 0.25) is 0 Å². The lowest BCUT2D eigenvalue weighted by Crippen LogP contribution is -2.47. The van der Waals surface area contributed by atoms with Gasteiger partial charge in [0.05, 0.1) is 0 Å². The highest BCUT2D eigenvalue weighted by Crippen LogP contribution is 2.17. The maximum atomic E-state index is 5.24. The molecule has 0 heterocycles. The lowest BCUT2D eigenvalue weighted by Gasteiger charge is -2.26. The summed E-state index contributed by atoms with van der Waals surface area (Å²) in [6.07, 6.45) is 7.45. The van der Waals surface area contributed by atoms with E-state index in [1.807, 2.05) is 0 Å². The molecule has 4 heteroatoms. The summed E-state index contributed by atoms with van der Waals surface area (Å²) < 4.78 is 5.22. The third kappa shape index (κ3) is 4.80. The van der Waals surface area contributed by atoms with Gasteiger partial charge in [0.15, 0.2) is 5.11 Å². The van der Waals surface area contributed by atoms with Crippen molar-refractivity contribution < 1.29 is 4.74 Å². The van der Waals surface area contributed by atoms with Crippen molar-refractivity contribution in [1.82, 2.24) is 10.6 Å². The van der Waals surface area contributed by atoms with Crippen LogP contribution in [0.15, 0.2) is 0 Å². The molecule has 1 rings (SSSR count). The number of thiocarbonyl (C=S) groups is 1. The van der Waals surface area contributed by atoms with E-state index in [0.29, 0.717) is 6.04 Å². The van der Waals surface area contributed by atoms with E-state index >= 15 is 0 Å². The fourth-order valence-electron chi connectivity index (χ4n) is 1.95. The Morgan fingerprint density at radius 1 is 1.40 bits per heavy atom. The lowest BCUT2D eigenvalue weighted by atomic mass is 9.96. The van der Waals surface area contributed by atoms with Gasteiger partial charge in [-0.1, -0.05) is 26.2 Å². The third-order valence-corrected chi connectivity index (χ3v) is 3.12. The van der Waals surface area contributed by atoms with E-state index in [0.717, 1.165) is 11.5 Å². The summed E-state index contributed by atoms with van der Waals surface area (Å²) in [5.74, 6) is 0. The highest BCUT2D eigenvalue weighted by molar-refractivity contribution is 7.80. The monoisotopic (exact) mass is 230 g/mol. The minimum atomic E-state index is 0.0357. The second-order valence-electron chi connectivity index (χ2n) is 4.09. The molecule has 3 nitrogen and oxygen atoms in total. The summed E-state index contributed by atoms with van der Waals surface area (Å²) in [5, 5.41) is 7.25. The van der Waals surface area contributed by atoms with Crippen molar-refractivity contribution >= 4 is 17.3 Å². The molecule has 1 unspecified atom stereocenters. The molecule has 0 bridgehead atoms. The molecule has 0 amide bonds. The lowest BCUT2D eigenvalue weighted by molar-refractivity contribution is 0.0872.